The molecule has 26 heavy (non-hydrogen) atoms. The summed E-state index contributed by atoms with van der Waals surface area (Å²) in [5, 5.41) is 10.6. The molecule has 0 N–H and O–H groups in total. The number of hydrogen-bond acceptors (Lipinski definition) is 4. The van der Waals surface area contributed by atoms with Crippen LogP contribution in [0.5, 0.6) is 17.2 Å². The van der Waals surface area contributed by atoms with Crippen molar-refractivity contribution in [3.8, 4) is 35.2 Å². The number of nitriles is 1. The second-order valence-electron chi connectivity index (χ2n) is 5.78. The van der Waals surface area contributed by atoms with E-state index in [9.17, 15) is 5.26 Å². The molecule has 5 nitrogen and oxygen atoms in total. The van der Waals surface area contributed by atoms with Gasteiger partial charge in [-0.15, -0.1) is 0 Å². The van der Waals surface area contributed by atoms with Crippen LogP contribution >= 0.6 is 0 Å². The summed E-state index contributed by atoms with van der Waals surface area (Å²) in [6, 6.07) is 13.6. The summed E-state index contributed by atoms with van der Waals surface area (Å²) in [6.07, 6.45) is 0. The van der Waals surface area contributed by atoms with E-state index in [-0.39, 0.29) is 6.79 Å². The molecule has 0 spiro atoms. The third kappa shape index (κ3) is 2.51. The van der Waals surface area contributed by atoms with Gasteiger partial charge in [0.15, 0.2) is 11.5 Å². The summed E-state index contributed by atoms with van der Waals surface area (Å²) >= 11 is 0. The zero-order valence-corrected chi connectivity index (χ0v) is 14.5. The summed E-state index contributed by atoms with van der Waals surface area (Å²) in [5.74, 6) is 8.48. The van der Waals surface area contributed by atoms with Crippen molar-refractivity contribution >= 4 is 10.9 Å². The molecule has 3 aromatic rings. The maximum atomic E-state index is 9.68. The molecule has 0 saturated heterocycles. The molecule has 1 aromatic heterocycles. The average molecular weight is 344 g/mol. The molecule has 0 aliphatic carbocycles. The van der Waals surface area contributed by atoms with Gasteiger partial charge in [-0.05, 0) is 43.2 Å². The van der Waals surface area contributed by atoms with Crippen LogP contribution in [0.2, 0.25) is 0 Å². The van der Waals surface area contributed by atoms with Gasteiger partial charge in [0, 0.05) is 23.6 Å². The van der Waals surface area contributed by atoms with E-state index in [1.807, 2.05) is 47.9 Å². The van der Waals surface area contributed by atoms with Crippen molar-refractivity contribution in [1.29, 1.82) is 5.26 Å². The zero-order valence-electron chi connectivity index (χ0n) is 14.5. The summed E-state index contributed by atoms with van der Waals surface area (Å²) in [6.45, 7) is 2.97. The molecular weight excluding hydrogens is 328 g/mol. The molecule has 0 unspecified atom stereocenters. The van der Waals surface area contributed by atoms with Gasteiger partial charge < -0.3 is 18.8 Å². The molecule has 0 saturated carbocycles. The standard InChI is InChI=1S/C21H16N2O3/c1-3-23-18(8-4-14-5-9-20-21(10-14)26-13-25-20)17(12-22)16-7-6-15(24-2)11-19(16)23/h5-7,9-11H,3,13H2,1-2H3. The fourth-order valence-corrected chi connectivity index (χ4v) is 3.13. The van der Waals surface area contributed by atoms with E-state index < -0.39 is 0 Å². The topological polar surface area (TPSA) is 56.4 Å². The Kier molecular flexibility index (Phi) is 3.91. The molecule has 0 bridgehead atoms. The van der Waals surface area contributed by atoms with Crippen LogP contribution in [0.4, 0.5) is 0 Å². The lowest BCUT2D eigenvalue weighted by molar-refractivity contribution is 0.174. The van der Waals surface area contributed by atoms with Gasteiger partial charge in [-0.3, -0.25) is 0 Å². The number of fused-ring (bicyclic) bond motifs is 2. The predicted octanol–water partition coefficient (Wildman–Crippen LogP) is 3.67. The highest BCUT2D eigenvalue weighted by atomic mass is 16.7. The first-order valence-corrected chi connectivity index (χ1v) is 8.27. The minimum atomic E-state index is 0.233. The van der Waals surface area contributed by atoms with Crippen LogP contribution in [0.3, 0.4) is 0 Å². The SMILES string of the molecule is CCn1c(C#Cc2ccc3c(c2)OCO3)c(C#N)c2ccc(OC)cc21. The largest absolute Gasteiger partial charge is 0.497 e. The maximum Gasteiger partial charge on any atom is 0.231 e. The van der Waals surface area contributed by atoms with Crippen LogP contribution in [0, 0.1) is 23.2 Å². The van der Waals surface area contributed by atoms with Crippen LogP contribution in [-0.4, -0.2) is 18.5 Å². The van der Waals surface area contributed by atoms with E-state index in [1.54, 1.807) is 7.11 Å². The molecule has 0 radical (unpaired) electrons. The van der Waals surface area contributed by atoms with Crippen molar-refractivity contribution in [2.45, 2.75) is 13.5 Å². The molecule has 1 aliphatic rings. The van der Waals surface area contributed by atoms with Crippen molar-refractivity contribution in [3.05, 3.63) is 53.2 Å². The van der Waals surface area contributed by atoms with Crippen molar-refractivity contribution in [3.63, 3.8) is 0 Å². The van der Waals surface area contributed by atoms with Crippen molar-refractivity contribution in [2.75, 3.05) is 13.9 Å². The quantitative estimate of drug-likeness (QED) is 0.666. The van der Waals surface area contributed by atoms with E-state index >= 15 is 0 Å². The van der Waals surface area contributed by atoms with Gasteiger partial charge in [-0.1, -0.05) is 5.92 Å². The van der Waals surface area contributed by atoms with Gasteiger partial charge in [0.25, 0.3) is 0 Å². The number of aromatic nitrogens is 1. The number of aryl methyl sites for hydroxylation is 1. The Labute approximate surface area is 151 Å². The van der Waals surface area contributed by atoms with Gasteiger partial charge in [0.2, 0.25) is 6.79 Å². The van der Waals surface area contributed by atoms with Crippen LogP contribution in [0.25, 0.3) is 10.9 Å². The lowest BCUT2D eigenvalue weighted by Crippen LogP contribution is -1.98. The van der Waals surface area contributed by atoms with E-state index in [1.165, 1.54) is 0 Å². The summed E-state index contributed by atoms with van der Waals surface area (Å²) in [7, 11) is 1.63. The molecule has 2 heterocycles. The Morgan fingerprint density at radius 3 is 2.73 bits per heavy atom. The van der Waals surface area contributed by atoms with E-state index in [4.69, 9.17) is 14.2 Å². The van der Waals surface area contributed by atoms with Crippen LogP contribution in [0.1, 0.15) is 23.7 Å². The monoisotopic (exact) mass is 344 g/mol. The van der Waals surface area contributed by atoms with Gasteiger partial charge in [-0.25, -0.2) is 0 Å². The van der Waals surface area contributed by atoms with Gasteiger partial charge in [0.05, 0.1) is 18.2 Å². The first-order chi connectivity index (χ1) is 12.7. The maximum absolute atomic E-state index is 9.68. The molecule has 128 valence electrons. The number of hydrogen-bond donors (Lipinski definition) is 0. The van der Waals surface area contributed by atoms with E-state index in [2.05, 4.69) is 17.9 Å². The molecular formula is C21H16N2O3. The summed E-state index contributed by atoms with van der Waals surface area (Å²) in [4.78, 5) is 0. The number of rotatable bonds is 2. The predicted molar refractivity (Wildman–Crippen MR) is 97.4 cm³/mol. The van der Waals surface area contributed by atoms with E-state index in [0.29, 0.717) is 23.6 Å². The number of methoxy groups -OCH3 is 1. The molecule has 4 rings (SSSR count). The second kappa shape index (κ2) is 6.38. The minimum Gasteiger partial charge on any atom is -0.497 e. The first-order valence-electron chi connectivity index (χ1n) is 8.27. The van der Waals surface area contributed by atoms with Crippen LogP contribution in [0.15, 0.2) is 36.4 Å². The number of benzene rings is 2. The zero-order chi connectivity index (χ0) is 18.1. The third-order valence-corrected chi connectivity index (χ3v) is 4.40. The molecule has 5 heteroatoms. The Morgan fingerprint density at radius 2 is 1.96 bits per heavy atom. The molecule has 0 amide bonds. The second-order valence-corrected chi connectivity index (χ2v) is 5.78. The Hall–Kier alpha value is -3.57. The Balaban J connectivity index is 1.85. The third-order valence-electron chi connectivity index (χ3n) is 4.40. The fraction of sp³-hybridized carbons (Fsp3) is 0.190. The average Bonchev–Trinajstić information content (AvgIpc) is 3.26. The van der Waals surface area contributed by atoms with Crippen molar-refractivity contribution < 1.29 is 14.2 Å². The summed E-state index contributed by atoms with van der Waals surface area (Å²) in [5.41, 5.74) is 3.04. The number of ether oxygens (including phenoxy) is 3. The molecule has 2 aromatic carbocycles. The minimum absolute atomic E-state index is 0.233. The van der Waals surface area contributed by atoms with Gasteiger partial charge in [-0.2, -0.15) is 5.26 Å². The first kappa shape index (κ1) is 15.9. The highest BCUT2D eigenvalue weighted by molar-refractivity contribution is 5.90. The van der Waals surface area contributed by atoms with Crippen molar-refractivity contribution in [1.82, 2.24) is 4.57 Å². The normalized spacial score (nSPS) is 11.7. The Bertz CT molecular complexity index is 1110. The number of nitrogens with zero attached hydrogens (tertiary/aromatic N) is 2. The van der Waals surface area contributed by atoms with E-state index in [0.717, 1.165) is 28.0 Å². The summed E-state index contributed by atoms with van der Waals surface area (Å²) < 4.78 is 18.1. The van der Waals surface area contributed by atoms with Crippen molar-refractivity contribution in [2.24, 2.45) is 0 Å². The fourth-order valence-electron chi connectivity index (χ4n) is 3.13. The molecule has 1 aliphatic heterocycles. The Morgan fingerprint density at radius 1 is 1.12 bits per heavy atom. The highest BCUT2D eigenvalue weighted by Gasteiger charge is 2.16. The van der Waals surface area contributed by atoms with Crippen LogP contribution < -0.4 is 14.2 Å². The molecule has 0 atom stereocenters. The lowest BCUT2D eigenvalue weighted by Gasteiger charge is -2.04. The molecule has 0 fully saturated rings. The van der Waals surface area contributed by atoms with Gasteiger partial charge in [0.1, 0.15) is 17.5 Å². The van der Waals surface area contributed by atoms with Gasteiger partial charge >= 0.3 is 0 Å². The highest BCUT2D eigenvalue weighted by Crippen LogP contribution is 2.32. The lowest BCUT2D eigenvalue weighted by atomic mass is 10.1. The van der Waals surface area contributed by atoms with Crippen LogP contribution in [-0.2, 0) is 6.54 Å². The smallest absolute Gasteiger partial charge is 0.231 e.